The summed E-state index contributed by atoms with van der Waals surface area (Å²) in [7, 11) is -2.65. The van der Waals surface area contributed by atoms with Crippen molar-refractivity contribution >= 4 is 18.7 Å². The van der Waals surface area contributed by atoms with Crippen molar-refractivity contribution in [1.29, 1.82) is 0 Å². The molecule has 0 unspecified atom stereocenters. The first kappa shape index (κ1) is 22.2. The lowest BCUT2D eigenvalue weighted by Gasteiger charge is -2.47. The van der Waals surface area contributed by atoms with Crippen LogP contribution in [0.2, 0.25) is 5.04 Å². The van der Waals surface area contributed by atoms with Crippen LogP contribution in [0.5, 0.6) is 0 Å². The molecule has 0 bridgehead atoms. The summed E-state index contributed by atoms with van der Waals surface area (Å²) in [5.41, 5.74) is -0.567. The maximum atomic E-state index is 10.2. The van der Waals surface area contributed by atoms with Crippen molar-refractivity contribution in [2.75, 3.05) is 26.4 Å². The van der Waals surface area contributed by atoms with Crippen molar-refractivity contribution in [2.45, 2.75) is 45.4 Å². The Kier molecular flexibility index (Phi) is 6.37. The highest BCUT2D eigenvalue weighted by Crippen LogP contribution is 2.39. The molecule has 0 aromatic heterocycles. The van der Waals surface area contributed by atoms with E-state index in [1.807, 2.05) is 26.0 Å². The van der Waals surface area contributed by atoms with Crippen LogP contribution in [-0.4, -0.2) is 45.6 Å². The van der Waals surface area contributed by atoms with Gasteiger partial charge in [-0.15, -0.1) is 0 Å². The highest BCUT2D eigenvalue weighted by Gasteiger charge is 2.52. The van der Waals surface area contributed by atoms with Gasteiger partial charge in [-0.05, 0) is 29.3 Å². The predicted octanol–water partition coefficient (Wildman–Crippen LogP) is 3.32. The summed E-state index contributed by atoms with van der Waals surface area (Å²) < 4.78 is 18.8. The number of benzene rings is 2. The van der Waals surface area contributed by atoms with Crippen LogP contribution in [0.1, 0.15) is 34.6 Å². The quantitative estimate of drug-likeness (QED) is 0.737. The van der Waals surface area contributed by atoms with Crippen molar-refractivity contribution in [3.63, 3.8) is 0 Å². The zero-order chi connectivity index (χ0) is 21.2. The Morgan fingerprint density at radius 2 is 1.34 bits per heavy atom. The molecule has 1 heterocycles. The number of hydrogen-bond acceptors (Lipinski definition) is 4. The smallest absolute Gasteiger partial charge is 0.261 e. The Balaban J connectivity index is 2.02. The Morgan fingerprint density at radius 3 is 1.72 bits per heavy atom. The van der Waals surface area contributed by atoms with Crippen molar-refractivity contribution in [2.24, 2.45) is 5.41 Å². The number of rotatable bonds is 6. The molecule has 0 radical (unpaired) electrons. The molecule has 158 valence electrons. The average molecular weight is 415 g/mol. The van der Waals surface area contributed by atoms with Gasteiger partial charge < -0.3 is 19.0 Å². The Hall–Kier alpha value is -1.50. The molecule has 1 saturated heterocycles. The molecule has 2 aromatic rings. The van der Waals surface area contributed by atoms with Gasteiger partial charge in [0.1, 0.15) is 0 Å². The second-order valence-corrected chi connectivity index (χ2v) is 13.9. The van der Waals surface area contributed by atoms with Crippen LogP contribution in [0, 0.1) is 5.41 Å². The van der Waals surface area contributed by atoms with E-state index >= 15 is 0 Å². The Labute approximate surface area is 176 Å². The van der Waals surface area contributed by atoms with Crippen LogP contribution >= 0.6 is 0 Å². The zero-order valence-corrected chi connectivity index (χ0v) is 19.3. The molecule has 1 aliphatic heterocycles. The molecule has 5 heteroatoms. The van der Waals surface area contributed by atoms with Crippen LogP contribution in [0.4, 0.5) is 0 Å². The molecule has 0 amide bonds. The molecular formula is C24H34O4Si. The molecule has 0 spiro atoms. The van der Waals surface area contributed by atoms with E-state index in [9.17, 15) is 5.11 Å². The normalized spacial score (nSPS) is 19.1. The minimum absolute atomic E-state index is 0.0404. The summed E-state index contributed by atoms with van der Waals surface area (Å²) in [6.07, 6.45) is 0. The molecule has 1 fully saturated rings. The summed E-state index contributed by atoms with van der Waals surface area (Å²) in [6, 6.07) is 21.1. The van der Waals surface area contributed by atoms with Crippen molar-refractivity contribution < 1.29 is 19.0 Å². The van der Waals surface area contributed by atoms with Gasteiger partial charge >= 0.3 is 0 Å². The summed E-state index contributed by atoms with van der Waals surface area (Å²) in [5, 5.41) is 12.6. The van der Waals surface area contributed by atoms with E-state index in [4.69, 9.17) is 13.9 Å². The zero-order valence-electron chi connectivity index (χ0n) is 18.3. The molecule has 1 aliphatic rings. The number of aliphatic hydroxyl groups is 1. The monoisotopic (exact) mass is 414 g/mol. The first-order valence-electron chi connectivity index (χ1n) is 10.3. The Morgan fingerprint density at radius 1 is 0.897 bits per heavy atom. The molecule has 3 rings (SSSR count). The molecule has 0 aliphatic carbocycles. The van der Waals surface area contributed by atoms with Crippen molar-refractivity contribution in [3.8, 4) is 0 Å². The maximum absolute atomic E-state index is 10.2. The fraction of sp³-hybridized carbons (Fsp3) is 0.500. The maximum Gasteiger partial charge on any atom is 0.261 e. The van der Waals surface area contributed by atoms with Gasteiger partial charge in [0, 0.05) is 6.61 Å². The second-order valence-electron chi connectivity index (χ2n) is 9.59. The van der Waals surface area contributed by atoms with Crippen LogP contribution < -0.4 is 10.4 Å². The molecule has 4 nitrogen and oxygen atoms in total. The van der Waals surface area contributed by atoms with Crippen LogP contribution in [0.25, 0.3) is 0 Å². The van der Waals surface area contributed by atoms with Gasteiger partial charge in [-0.3, -0.25) is 0 Å². The van der Waals surface area contributed by atoms with Crippen molar-refractivity contribution in [3.05, 3.63) is 60.7 Å². The van der Waals surface area contributed by atoms with E-state index in [0.717, 1.165) is 0 Å². The summed E-state index contributed by atoms with van der Waals surface area (Å²) >= 11 is 0. The van der Waals surface area contributed by atoms with Crippen LogP contribution in [-0.2, 0) is 13.9 Å². The second kappa shape index (κ2) is 8.32. The summed E-state index contributed by atoms with van der Waals surface area (Å²) in [5.74, 6) is -0.629. The molecule has 0 saturated carbocycles. The third-order valence-electron chi connectivity index (χ3n) is 5.80. The highest BCUT2D eigenvalue weighted by molar-refractivity contribution is 6.99. The SMILES string of the molecule is CC1(C)OCC(CO)(CO[Si](c2ccccc2)(c2ccccc2)C(C)(C)C)CO1. The van der Waals surface area contributed by atoms with E-state index < -0.39 is 19.5 Å². The molecule has 1 N–H and O–H groups in total. The molecule has 0 atom stereocenters. The third kappa shape index (κ3) is 4.49. The lowest BCUT2D eigenvalue weighted by atomic mass is 9.91. The number of hydrogen-bond donors (Lipinski definition) is 1. The minimum atomic E-state index is -2.65. The summed E-state index contributed by atoms with van der Waals surface area (Å²) in [4.78, 5) is 0. The highest BCUT2D eigenvalue weighted by atomic mass is 28.4. The Bertz CT molecular complexity index is 734. The molecule has 2 aromatic carbocycles. The first-order valence-corrected chi connectivity index (χ1v) is 12.2. The standard InChI is InChI=1S/C24H34O4Si/c1-22(2,3)29(20-12-8-6-9-13-20,21-14-10-7-11-15-21)28-19-24(16-25)17-26-23(4,5)27-18-24/h6-15,25H,16-19H2,1-5H3. The fourth-order valence-electron chi connectivity index (χ4n) is 3.98. The lowest BCUT2D eigenvalue weighted by Crippen LogP contribution is -2.68. The van der Waals surface area contributed by atoms with Gasteiger partial charge in [-0.1, -0.05) is 81.4 Å². The van der Waals surface area contributed by atoms with E-state index in [1.54, 1.807) is 0 Å². The van der Waals surface area contributed by atoms with Gasteiger partial charge in [0.15, 0.2) is 5.79 Å². The van der Waals surface area contributed by atoms with Gasteiger partial charge in [0.25, 0.3) is 8.32 Å². The van der Waals surface area contributed by atoms with Crippen LogP contribution in [0.3, 0.4) is 0 Å². The number of ether oxygens (including phenoxy) is 2. The predicted molar refractivity (Wildman–Crippen MR) is 119 cm³/mol. The van der Waals surface area contributed by atoms with E-state index in [1.165, 1.54) is 10.4 Å². The van der Waals surface area contributed by atoms with E-state index in [0.29, 0.717) is 19.8 Å². The minimum Gasteiger partial charge on any atom is -0.407 e. The third-order valence-corrected chi connectivity index (χ3v) is 10.8. The largest absolute Gasteiger partial charge is 0.407 e. The van der Waals surface area contributed by atoms with E-state index in [2.05, 4.69) is 69.3 Å². The van der Waals surface area contributed by atoms with Gasteiger partial charge in [-0.2, -0.15) is 0 Å². The van der Waals surface area contributed by atoms with Crippen LogP contribution in [0.15, 0.2) is 60.7 Å². The average Bonchev–Trinajstić information content (AvgIpc) is 2.70. The van der Waals surface area contributed by atoms with Gasteiger partial charge in [-0.25, -0.2) is 0 Å². The lowest BCUT2D eigenvalue weighted by molar-refractivity contribution is -0.294. The first-order chi connectivity index (χ1) is 13.6. The fourth-order valence-corrected chi connectivity index (χ4v) is 8.66. The van der Waals surface area contributed by atoms with Gasteiger partial charge in [0.05, 0.1) is 25.2 Å². The van der Waals surface area contributed by atoms with Gasteiger partial charge in [0.2, 0.25) is 0 Å². The topological polar surface area (TPSA) is 47.9 Å². The number of aliphatic hydroxyl groups excluding tert-OH is 1. The summed E-state index contributed by atoms with van der Waals surface area (Å²) in [6.45, 7) is 11.7. The van der Waals surface area contributed by atoms with Crippen molar-refractivity contribution in [1.82, 2.24) is 0 Å². The van der Waals surface area contributed by atoms with E-state index in [-0.39, 0.29) is 11.6 Å². The molecule has 29 heavy (non-hydrogen) atoms. The molecular weight excluding hydrogens is 380 g/mol.